The largest absolute Gasteiger partial charge is 0.496 e. The highest BCUT2D eigenvalue weighted by Gasteiger charge is 2.22. The second-order valence-electron chi connectivity index (χ2n) is 8.09. The minimum absolute atomic E-state index is 0.00395. The van der Waals surface area contributed by atoms with Crippen LogP contribution in [-0.4, -0.2) is 48.5 Å². The van der Waals surface area contributed by atoms with Gasteiger partial charge in [-0.15, -0.1) is 11.3 Å². The molecule has 178 valence electrons. The molecular weight excluding hydrogens is 450 g/mol. The maximum atomic E-state index is 13.0. The maximum absolute atomic E-state index is 13.0. The Morgan fingerprint density at radius 1 is 1.09 bits per heavy atom. The summed E-state index contributed by atoms with van der Waals surface area (Å²) in [5.74, 6) is 1.06. The first-order valence-corrected chi connectivity index (χ1v) is 12.4. The molecule has 34 heavy (non-hydrogen) atoms. The van der Waals surface area contributed by atoms with Crippen LogP contribution < -0.4 is 14.8 Å². The first kappa shape index (κ1) is 23.8. The molecule has 7 nitrogen and oxygen atoms in total. The zero-order chi connectivity index (χ0) is 23.9. The summed E-state index contributed by atoms with van der Waals surface area (Å²) in [6, 6.07) is 14.9. The summed E-state index contributed by atoms with van der Waals surface area (Å²) >= 11 is 1.40. The minimum atomic E-state index is -0.276. The van der Waals surface area contributed by atoms with Crippen LogP contribution in [-0.2, 0) is 4.79 Å². The zero-order valence-electron chi connectivity index (χ0n) is 19.5. The molecule has 3 aromatic rings. The first-order valence-electron chi connectivity index (χ1n) is 11.5. The number of nitrogens with one attached hydrogen (secondary N) is 1. The highest BCUT2D eigenvalue weighted by atomic mass is 32.1. The number of thiazole rings is 1. The molecule has 0 saturated carbocycles. The van der Waals surface area contributed by atoms with E-state index in [1.54, 1.807) is 12.5 Å². The molecule has 2 amide bonds. The van der Waals surface area contributed by atoms with E-state index in [0.717, 1.165) is 42.1 Å². The van der Waals surface area contributed by atoms with Crippen LogP contribution in [0.15, 0.2) is 53.9 Å². The van der Waals surface area contributed by atoms with Crippen LogP contribution in [0.4, 0.5) is 0 Å². The summed E-state index contributed by atoms with van der Waals surface area (Å²) in [5, 5.41) is 5.55. The van der Waals surface area contributed by atoms with E-state index in [9.17, 15) is 9.59 Å². The van der Waals surface area contributed by atoms with E-state index in [0.29, 0.717) is 23.6 Å². The summed E-state index contributed by atoms with van der Waals surface area (Å²) in [4.78, 5) is 31.8. The van der Waals surface area contributed by atoms with Crippen LogP contribution in [0, 0.1) is 0 Å². The van der Waals surface area contributed by atoms with Crippen LogP contribution in [0.25, 0.3) is 10.6 Å². The molecule has 0 aliphatic carbocycles. The van der Waals surface area contributed by atoms with Gasteiger partial charge in [-0.2, -0.15) is 0 Å². The molecule has 8 heteroatoms. The highest BCUT2D eigenvalue weighted by Crippen LogP contribution is 2.32. The first-order chi connectivity index (χ1) is 16.6. The number of carbonyl (C=O) groups is 2. The third kappa shape index (κ3) is 5.39. The van der Waals surface area contributed by atoms with E-state index in [4.69, 9.17) is 9.47 Å². The van der Waals surface area contributed by atoms with Gasteiger partial charge in [0.15, 0.2) is 6.61 Å². The molecule has 1 N–H and O–H groups in total. The standard InChI is InChI=1S/C26H29N3O4S/c1-3-20(18-10-4-7-13-23(18)33-16-24(30)29-14-8-9-15-29)27-25(31)21-17-34-26(28-21)19-11-5-6-12-22(19)32-2/h4-7,10-13,17,20H,3,8-9,14-16H2,1-2H3,(H,27,31). The van der Waals surface area contributed by atoms with Gasteiger partial charge >= 0.3 is 0 Å². The molecule has 1 aliphatic rings. The van der Waals surface area contributed by atoms with Crippen molar-refractivity contribution in [2.24, 2.45) is 0 Å². The van der Waals surface area contributed by atoms with Crippen molar-refractivity contribution < 1.29 is 19.1 Å². The molecule has 0 spiro atoms. The van der Waals surface area contributed by atoms with Crippen molar-refractivity contribution in [2.45, 2.75) is 32.2 Å². The van der Waals surface area contributed by atoms with Gasteiger partial charge in [0.25, 0.3) is 11.8 Å². The number of para-hydroxylation sites is 2. The maximum Gasteiger partial charge on any atom is 0.271 e. The Kier molecular flexibility index (Phi) is 7.80. The van der Waals surface area contributed by atoms with E-state index in [2.05, 4.69) is 10.3 Å². The van der Waals surface area contributed by atoms with Crippen LogP contribution in [0.3, 0.4) is 0 Å². The summed E-state index contributed by atoms with van der Waals surface area (Å²) in [5.41, 5.74) is 2.04. The van der Waals surface area contributed by atoms with E-state index in [1.165, 1.54) is 11.3 Å². The number of hydrogen-bond acceptors (Lipinski definition) is 6. The number of nitrogens with zero attached hydrogens (tertiary/aromatic N) is 2. The lowest BCUT2D eigenvalue weighted by atomic mass is 10.0. The summed E-state index contributed by atoms with van der Waals surface area (Å²) in [6.45, 7) is 3.58. The van der Waals surface area contributed by atoms with Crippen molar-refractivity contribution in [2.75, 3.05) is 26.8 Å². The molecule has 0 radical (unpaired) electrons. The summed E-state index contributed by atoms with van der Waals surface area (Å²) in [7, 11) is 1.62. The van der Waals surface area contributed by atoms with Gasteiger partial charge in [0.1, 0.15) is 22.2 Å². The SMILES string of the molecule is CCC(NC(=O)c1csc(-c2ccccc2OC)n1)c1ccccc1OCC(=O)N1CCCC1. The molecule has 0 bridgehead atoms. The number of likely N-dealkylation sites (tertiary alicyclic amines) is 1. The number of ether oxygens (including phenoxy) is 2. The van der Waals surface area contributed by atoms with Gasteiger partial charge in [0, 0.05) is 24.0 Å². The Balaban J connectivity index is 1.46. The molecular formula is C26H29N3O4S. The van der Waals surface area contributed by atoms with Crippen molar-refractivity contribution >= 4 is 23.2 Å². The van der Waals surface area contributed by atoms with Gasteiger partial charge in [-0.1, -0.05) is 37.3 Å². The fourth-order valence-corrected chi connectivity index (χ4v) is 4.88. The Morgan fingerprint density at radius 2 is 1.79 bits per heavy atom. The lowest BCUT2D eigenvalue weighted by Crippen LogP contribution is -2.32. The number of benzene rings is 2. The number of methoxy groups -OCH3 is 1. The average molecular weight is 480 g/mol. The van der Waals surface area contributed by atoms with E-state index in [1.807, 2.05) is 60.4 Å². The number of aromatic nitrogens is 1. The van der Waals surface area contributed by atoms with Crippen LogP contribution in [0.2, 0.25) is 0 Å². The number of amides is 2. The second-order valence-corrected chi connectivity index (χ2v) is 8.94. The third-order valence-electron chi connectivity index (χ3n) is 5.89. The predicted molar refractivity (Wildman–Crippen MR) is 132 cm³/mol. The van der Waals surface area contributed by atoms with Crippen LogP contribution in [0.5, 0.6) is 11.5 Å². The fraction of sp³-hybridized carbons (Fsp3) is 0.346. The van der Waals surface area contributed by atoms with E-state index in [-0.39, 0.29) is 24.5 Å². The Morgan fingerprint density at radius 3 is 2.53 bits per heavy atom. The predicted octanol–water partition coefficient (Wildman–Crippen LogP) is 4.70. The molecule has 1 saturated heterocycles. The van der Waals surface area contributed by atoms with Gasteiger partial charge in [-0.05, 0) is 37.5 Å². The molecule has 2 heterocycles. The number of rotatable bonds is 9. The molecule has 1 atom stereocenters. The molecule has 1 aromatic heterocycles. The fourth-order valence-electron chi connectivity index (χ4n) is 4.05. The molecule has 1 unspecified atom stereocenters. The summed E-state index contributed by atoms with van der Waals surface area (Å²) in [6.07, 6.45) is 2.75. The summed E-state index contributed by atoms with van der Waals surface area (Å²) < 4.78 is 11.3. The van der Waals surface area contributed by atoms with Gasteiger partial charge in [-0.25, -0.2) is 4.98 Å². The lowest BCUT2D eigenvalue weighted by molar-refractivity contribution is -0.132. The molecule has 4 rings (SSSR count). The van der Waals surface area contributed by atoms with Crippen molar-refractivity contribution in [1.82, 2.24) is 15.2 Å². The van der Waals surface area contributed by atoms with Gasteiger partial charge in [-0.3, -0.25) is 9.59 Å². The number of carbonyl (C=O) groups excluding carboxylic acids is 2. The monoisotopic (exact) mass is 479 g/mol. The van der Waals surface area contributed by atoms with Crippen LogP contribution >= 0.6 is 11.3 Å². The number of hydrogen-bond donors (Lipinski definition) is 1. The lowest BCUT2D eigenvalue weighted by Gasteiger charge is -2.21. The zero-order valence-corrected chi connectivity index (χ0v) is 20.3. The van der Waals surface area contributed by atoms with Gasteiger partial charge in [0.2, 0.25) is 0 Å². The van der Waals surface area contributed by atoms with Crippen LogP contribution in [0.1, 0.15) is 48.3 Å². The van der Waals surface area contributed by atoms with Crippen molar-refractivity contribution in [3.8, 4) is 22.1 Å². The highest BCUT2D eigenvalue weighted by molar-refractivity contribution is 7.13. The van der Waals surface area contributed by atoms with Gasteiger partial charge < -0.3 is 19.7 Å². The quantitative estimate of drug-likeness (QED) is 0.481. The van der Waals surface area contributed by atoms with E-state index >= 15 is 0 Å². The van der Waals surface area contributed by atoms with Gasteiger partial charge in [0.05, 0.1) is 18.7 Å². The van der Waals surface area contributed by atoms with Crippen molar-refractivity contribution in [3.63, 3.8) is 0 Å². The minimum Gasteiger partial charge on any atom is -0.496 e. The smallest absolute Gasteiger partial charge is 0.271 e. The normalized spacial score (nSPS) is 14.0. The third-order valence-corrected chi connectivity index (χ3v) is 6.77. The average Bonchev–Trinajstić information content (AvgIpc) is 3.59. The second kappa shape index (κ2) is 11.2. The molecule has 1 fully saturated rings. The van der Waals surface area contributed by atoms with Crippen molar-refractivity contribution in [3.05, 3.63) is 65.2 Å². The Labute approximate surface area is 203 Å². The topological polar surface area (TPSA) is 80.8 Å². The van der Waals surface area contributed by atoms with Crippen molar-refractivity contribution in [1.29, 1.82) is 0 Å². The molecule has 2 aromatic carbocycles. The van der Waals surface area contributed by atoms with E-state index < -0.39 is 0 Å². The Bertz CT molecular complexity index is 1140. The molecule has 1 aliphatic heterocycles. The Hall–Kier alpha value is -3.39.